The first-order valence-corrected chi connectivity index (χ1v) is 7.56. The molecule has 2 rings (SSSR count). The van der Waals surface area contributed by atoms with E-state index in [4.69, 9.17) is 10.5 Å². The second-order valence-electron chi connectivity index (χ2n) is 5.61. The van der Waals surface area contributed by atoms with Gasteiger partial charge in [0.05, 0.1) is 12.1 Å². The maximum atomic E-state index is 13.9. The smallest absolute Gasteiger partial charge is 0.194 e. The third-order valence-corrected chi connectivity index (χ3v) is 4.25. The standard InChI is InChI=1S/C16H22F3NO/c1-2-21-16(10-6-4-3-5-7-10)15(20)11-8-9-12(17)14(19)13(11)18/h8-10,15-16H,2-7,20H2,1H3. The van der Waals surface area contributed by atoms with E-state index in [0.29, 0.717) is 6.61 Å². The predicted octanol–water partition coefficient (Wildman–Crippen LogP) is 4.09. The monoisotopic (exact) mass is 301 g/mol. The van der Waals surface area contributed by atoms with E-state index in [1.54, 1.807) is 0 Å². The van der Waals surface area contributed by atoms with Crippen LogP contribution < -0.4 is 5.73 Å². The molecule has 21 heavy (non-hydrogen) atoms. The molecule has 5 heteroatoms. The Hall–Kier alpha value is -1.07. The molecule has 0 spiro atoms. The van der Waals surface area contributed by atoms with E-state index >= 15 is 0 Å². The highest BCUT2D eigenvalue weighted by Crippen LogP contribution is 2.34. The number of rotatable bonds is 5. The van der Waals surface area contributed by atoms with Crippen LogP contribution in [0.2, 0.25) is 0 Å². The van der Waals surface area contributed by atoms with Crippen molar-refractivity contribution in [3.05, 3.63) is 35.1 Å². The molecular weight excluding hydrogens is 279 g/mol. The Labute approximate surface area is 123 Å². The summed E-state index contributed by atoms with van der Waals surface area (Å²) in [6.45, 7) is 2.31. The minimum absolute atomic E-state index is 0.0158. The number of halogens is 3. The Kier molecular flexibility index (Phi) is 5.65. The van der Waals surface area contributed by atoms with E-state index in [-0.39, 0.29) is 17.6 Å². The van der Waals surface area contributed by atoms with Gasteiger partial charge in [0, 0.05) is 12.2 Å². The van der Waals surface area contributed by atoms with Gasteiger partial charge in [-0.05, 0) is 31.7 Å². The van der Waals surface area contributed by atoms with Gasteiger partial charge in [0.2, 0.25) is 0 Å². The van der Waals surface area contributed by atoms with E-state index in [1.165, 1.54) is 12.5 Å². The first-order chi connectivity index (χ1) is 10.1. The second kappa shape index (κ2) is 7.27. The third-order valence-electron chi connectivity index (χ3n) is 4.25. The Morgan fingerprint density at radius 3 is 2.43 bits per heavy atom. The van der Waals surface area contributed by atoms with Crippen molar-refractivity contribution in [2.45, 2.75) is 51.2 Å². The number of nitrogens with two attached hydrogens (primary N) is 1. The molecule has 0 amide bonds. The van der Waals surface area contributed by atoms with Crippen LogP contribution in [0.25, 0.3) is 0 Å². The third kappa shape index (κ3) is 3.58. The van der Waals surface area contributed by atoms with Gasteiger partial charge in [-0.25, -0.2) is 13.2 Å². The number of ether oxygens (including phenoxy) is 1. The zero-order valence-corrected chi connectivity index (χ0v) is 12.2. The fourth-order valence-electron chi connectivity index (χ4n) is 3.16. The molecule has 1 aromatic rings. The summed E-state index contributed by atoms with van der Waals surface area (Å²) < 4.78 is 46.1. The molecule has 1 aromatic carbocycles. The second-order valence-corrected chi connectivity index (χ2v) is 5.61. The summed E-state index contributed by atoms with van der Waals surface area (Å²) in [4.78, 5) is 0. The predicted molar refractivity (Wildman–Crippen MR) is 75.2 cm³/mol. The van der Waals surface area contributed by atoms with E-state index < -0.39 is 23.5 Å². The van der Waals surface area contributed by atoms with Crippen LogP contribution in [0, 0.1) is 23.4 Å². The molecule has 2 atom stereocenters. The Bertz CT molecular complexity index is 475. The van der Waals surface area contributed by atoms with Crippen molar-refractivity contribution in [1.29, 1.82) is 0 Å². The number of hydrogen-bond donors (Lipinski definition) is 1. The van der Waals surface area contributed by atoms with Crippen LogP contribution in [0.15, 0.2) is 12.1 Å². The highest BCUT2D eigenvalue weighted by Gasteiger charge is 2.32. The van der Waals surface area contributed by atoms with Gasteiger partial charge in [-0.2, -0.15) is 0 Å². The average molecular weight is 301 g/mol. The Balaban J connectivity index is 2.25. The van der Waals surface area contributed by atoms with E-state index in [9.17, 15) is 13.2 Å². The zero-order valence-electron chi connectivity index (χ0n) is 12.2. The topological polar surface area (TPSA) is 35.2 Å². The summed E-state index contributed by atoms with van der Waals surface area (Å²) in [6.07, 6.45) is 4.97. The van der Waals surface area contributed by atoms with Gasteiger partial charge in [0.1, 0.15) is 0 Å². The van der Waals surface area contributed by atoms with Gasteiger partial charge in [-0.15, -0.1) is 0 Å². The lowest BCUT2D eigenvalue weighted by atomic mass is 9.81. The van der Waals surface area contributed by atoms with Crippen molar-refractivity contribution in [2.24, 2.45) is 11.7 Å². The van der Waals surface area contributed by atoms with Crippen LogP contribution >= 0.6 is 0 Å². The van der Waals surface area contributed by atoms with Crippen LogP contribution in [0.4, 0.5) is 13.2 Å². The molecule has 1 saturated carbocycles. The largest absolute Gasteiger partial charge is 0.376 e. The molecule has 2 unspecified atom stereocenters. The summed E-state index contributed by atoms with van der Waals surface area (Å²) in [5.74, 6) is -3.64. The Morgan fingerprint density at radius 1 is 1.14 bits per heavy atom. The van der Waals surface area contributed by atoms with Gasteiger partial charge in [-0.1, -0.05) is 25.3 Å². The van der Waals surface area contributed by atoms with Gasteiger partial charge in [0.15, 0.2) is 17.5 Å². The minimum atomic E-state index is -1.47. The number of hydrogen-bond acceptors (Lipinski definition) is 2. The molecular formula is C16H22F3NO. The molecule has 0 radical (unpaired) electrons. The van der Waals surface area contributed by atoms with Crippen molar-refractivity contribution < 1.29 is 17.9 Å². The summed E-state index contributed by atoms with van der Waals surface area (Å²) in [5.41, 5.74) is 6.11. The average Bonchev–Trinajstić information content (AvgIpc) is 2.51. The lowest BCUT2D eigenvalue weighted by Crippen LogP contribution is -2.37. The lowest BCUT2D eigenvalue weighted by Gasteiger charge is -2.34. The first kappa shape index (κ1) is 16.3. The molecule has 2 nitrogen and oxygen atoms in total. The highest BCUT2D eigenvalue weighted by atomic mass is 19.2. The molecule has 1 aliphatic rings. The molecule has 0 aromatic heterocycles. The van der Waals surface area contributed by atoms with Crippen LogP contribution in [0.1, 0.15) is 50.6 Å². The highest BCUT2D eigenvalue weighted by molar-refractivity contribution is 5.24. The maximum Gasteiger partial charge on any atom is 0.194 e. The lowest BCUT2D eigenvalue weighted by molar-refractivity contribution is -0.0106. The summed E-state index contributed by atoms with van der Waals surface area (Å²) in [7, 11) is 0. The summed E-state index contributed by atoms with van der Waals surface area (Å²) >= 11 is 0. The van der Waals surface area contributed by atoms with Crippen molar-refractivity contribution >= 4 is 0 Å². The normalized spacial score (nSPS) is 19.5. The number of benzene rings is 1. The van der Waals surface area contributed by atoms with Crippen LogP contribution in [-0.4, -0.2) is 12.7 Å². The van der Waals surface area contributed by atoms with Crippen molar-refractivity contribution in [3.63, 3.8) is 0 Å². The van der Waals surface area contributed by atoms with Gasteiger partial charge in [-0.3, -0.25) is 0 Å². The van der Waals surface area contributed by atoms with E-state index in [2.05, 4.69) is 0 Å². The van der Waals surface area contributed by atoms with Crippen molar-refractivity contribution in [2.75, 3.05) is 6.61 Å². The molecule has 0 saturated heterocycles. The van der Waals surface area contributed by atoms with Gasteiger partial charge in [0.25, 0.3) is 0 Å². The zero-order chi connectivity index (χ0) is 15.4. The van der Waals surface area contributed by atoms with E-state index in [0.717, 1.165) is 31.7 Å². The minimum Gasteiger partial charge on any atom is -0.376 e. The van der Waals surface area contributed by atoms with E-state index in [1.807, 2.05) is 6.92 Å². The Morgan fingerprint density at radius 2 is 1.81 bits per heavy atom. The van der Waals surface area contributed by atoms with Crippen molar-refractivity contribution in [3.8, 4) is 0 Å². The van der Waals surface area contributed by atoms with Crippen LogP contribution in [-0.2, 0) is 4.74 Å². The molecule has 118 valence electrons. The molecule has 0 bridgehead atoms. The van der Waals surface area contributed by atoms with Crippen LogP contribution in [0.5, 0.6) is 0 Å². The quantitative estimate of drug-likeness (QED) is 0.831. The summed E-state index contributed by atoms with van der Waals surface area (Å²) in [5, 5.41) is 0. The molecule has 1 fully saturated rings. The van der Waals surface area contributed by atoms with Gasteiger partial charge < -0.3 is 10.5 Å². The molecule has 0 heterocycles. The van der Waals surface area contributed by atoms with Crippen LogP contribution in [0.3, 0.4) is 0 Å². The summed E-state index contributed by atoms with van der Waals surface area (Å²) in [6, 6.07) is 1.34. The maximum absolute atomic E-state index is 13.9. The first-order valence-electron chi connectivity index (χ1n) is 7.56. The fraction of sp³-hybridized carbons (Fsp3) is 0.625. The van der Waals surface area contributed by atoms with Gasteiger partial charge >= 0.3 is 0 Å². The molecule has 1 aliphatic carbocycles. The molecule has 0 aliphatic heterocycles. The fourth-order valence-corrected chi connectivity index (χ4v) is 3.16. The molecule has 2 N–H and O–H groups in total. The van der Waals surface area contributed by atoms with Crippen molar-refractivity contribution in [1.82, 2.24) is 0 Å². The SMILES string of the molecule is CCOC(C1CCCCC1)C(N)c1ccc(F)c(F)c1F.